The maximum absolute atomic E-state index is 13.2. The fourth-order valence-electron chi connectivity index (χ4n) is 2.88. The van der Waals surface area contributed by atoms with Gasteiger partial charge in [0.1, 0.15) is 16.5 Å². The molecule has 2 heterocycles. The van der Waals surface area contributed by atoms with Crippen molar-refractivity contribution in [3.63, 3.8) is 0 Å². The molecule has 1 aromatic carbocycles. The van der Waals surface area contributed by atoms with Crippen LogP contribution >= 0.6 is 11.3 Å². The second-order valence-electron chi connectivity index (χ2n) is 5.55. The lowest BCUT2D eigenvalue weighted by molar-refractivity contribution is 0.185. The van der Waals surface area contributed by atoms with Crippen LogP contribution in [0.4, 0.5) is 4.39 Å². The molecule has 0 aliphatic rings. The van der Waals surface area contributed by atoms with Crippen LogP contribution in [0.15, 0.2) is 29.1 Å². The highest BCUT2D eigenvalue weighted by molar-refractivity contribution is 7.19. The van der Waals surface area contributed by atoms with E-state index in [1.807, 2.05) is 13.8 Å². The number of rotatable bonds is 5. The SMILES string of the molecule is CCc1nc2sc(C)c(-c3ccc(F)cc3)c2c(=O)n1CCOC. The van der Waals surface area contributed by atoms with E-state index in [-0.39, 0.29) is 11.4 Å². The van der Waals surface area contributed by atoms with Gasteiger partial charge in [0, 0.05) is 24.0 Å². The van der Waals surface area contributed by atoms with Crippen LogP contribution in [-0.2, 0) is 17.7 Å². The van der Waals surface area contributed by atoms with Gasteiger partial charge in [0.2, 0.25) is 0 Å². The minimum Gasteiger partial charge on any atom is -0.383 e. The molecule has 0 atom stereocenters. The third-order valence-corrected chi connectivity index (χ3v) is 5.03. The molecule has 4 nitrogen and oxygen atoms in total. The van der Waals surface area contributed by atoms with Gasteiger partial charge in [-0.2, -0.15) is 0 Å². The average molecular weight is 346 g/mol. The van der Waals surface area contributed by atoms with Crippen molar-refractivity contribution in [1.82, 2.24) is 9.55 Å². The molecule has 2 aromatic heterocycles. The molecule has 0 fully saturated rings. The van der Waals surface area contributed by atoms with Crippen LogP contribution in [0.2, 0.25) is 0 Å². The fraction of sp³-hybridized carbons (Fsp3) is 0.333. The molecule has 24 heavy (non-hydrogen) atoms. The summed E-state index contributed by atoms with van der Waals surface area (Å²) in [6.45, 7) is 4.88. The zero-order chi connectivity index (χ0) is 17.3. The van der Waals surface area contributed by atoms with Gasteiger partial charge in [-0.05, 0) is 24.6 Å². The van der Waals surface area contributed by atoms with Gasteiger partial charge in [-0.1, -0.05) is 19.1 Å². The highest BCUT2D eigenvalue weighted by Crippen LogP contribution is 2.35. The van der Waals surface area contributed by atoms with Crippen molar-refractivity contribution in [2.75, 3.05) is 13.7 Å². The van der Waals surface area contributed by atoms with Crippen LogP contribution in [-0.4, -0.2) is 23.3 Å². The summed E-state index contributed by atoms with van der Waals surface area (Å²) in [6.07, 6.45) is 0.678. The number of fused-ring (bicyclic) bond motifs is 1. The summed E-state index contributed by atoms with van der Waals surface area (Å²) in [5, 5.41) is 0.609. The van der Waals surface area contributed by atoms with Crippen LogP contribution in [0.5, 0.6) is 0 Å². The number of methoxy groups -OCH3 is 1. The lowest BCUT2D eigenvalue weighted by atomic mass is 10.0. The number of hydrogen-bond donors (Lipinski definition) is 0. The number of benzene rings is 1. The molecule has 0 aliphatic heterocycles. The molecular formula is C18H19FN2O2S. The van der Waals surface area contributed by atoms with E-state index in [0.29, 0.717) is 25.0 Å². The highest BCUT2D eigenvalue weighted by atomic mass is 32.1. The number of hydrogen-bond acceptors (Lipinski definition) is 4. The number of thiophene rings is 1. The Labute approximate surface area is 143 Å². The van der Waals surface area contributed by atoms with Crippen molar-refractivity contribution in [2.45, 2.75) is 26.8 Å². The van der Waals surface area contributed by atoms with Crippen molar-refractivity contribution in [1.29, 1.82) is 0 Å². The molecule has 0 saturated carbocycles. The van der Waals surface area contributed by atoms with Crippen molar-refractivity contribution in [3.05, 3.63) is 51.1 Å². The number of ether oxygens (including phenoxy) is 1. The Morgan fingerprint density at radius 2 is 2.00 bits per heavy atom. The fourth-order valence-corrected chi connectivity index (χ4v) is 3.94. The number of halogens is 1. The van der Waals surface area contributed by atoms with E-state index < -0.39 is 0 Å². The molecule has 126 valence electrons. The maximum atomic E-state index is 13.2. The van der Waals surface area contributed by atoms with Crippen LogP contribution in [0, 0.1) is 12.7 Å². The topological polar surface area (TPSA) is 44.1 Å². The third kappa shape index (κ3) is 2.87. The van der Waals surface area contributed by atoms with Crippen LogP contribution in [0.1, 0.15) is 17.6 Å². The summed E-state index contributed by atoms with van der Waals surface area (Å²) in [5.41, 5.74) is 1.63. The lowest BCUT2D eigenvalue weighted by Gasteiger charge is -2.11. The van der Waals surface area contributed by atoms with Crippen molar-refractivity contribution >= 4 is 21.6 Å². The molecule has 0 N–H and O–H groups in total. The first kappa shape index (κ1) is 16.8. The summed E-state index contributed by atoms with van der Waals surface area (Å²) >= 11 is 1.50. The van der Waals surface area contributed by atoms with Gasteiger partial charge in [-0.3, -0.25) is 9.36 Å². The first-order valence-electron chi connectivity index (χ1n) is 7.84. The van der Waals surface area contributed by atoms with Gasteiger partial charge < -0.3 is 4.74 Å². The second kappa shape index (κ2) is 6.83. The molecule has 0 saturated heterocycles. The Kier molecular flexibility index (Phi) is 4.78. The summed E-state index contributed by atoms with van der Waals surface area (Å²) in [5.74, 6) is 0.469. The molecule has 6 heteroatoms. The lowest BCUT2D eigenvalue weighted by Crippen LogP contribution is -2.26. The zero-order valence-corrected chi connectivity index (χ0v) is 14.7. The van der Waals surface area contributed by atoms with Gasteiger partial charge in [-0.25, -0.2) is 9.37 Å². The standard InChI is InChI=1S/C18H19FN2O2S/c1-4-14-20-17-16(18(22)21(14)9-10-23-3)15(11(2)24-17)12-5-7-13(19)8-6-12/h5-8H,4,9-10H2,1-3H3. The minimum atomic E-state index is -0.292. The molecule has 3 rings (SSSR count). The molecule has 0 bridgehead atoms. The first-order chi connectivity index (χ1) is 11.6. The molecule has 0 amide bonds. The Bertz CT molecular complexity index is 929. The maximum Gasteiger partial charge on any atom is 0.262 e. The van der Waals surface area contributed by atoms with Gasteiger partial charge >= 0.3 is 0 Å². The van der Waals surface area contributed by atoms with Gasteiger partial charge in [-0.15, -0.1) is 11.3 Å². The van der Waals surface area contributed by atoms with E-state index in [0.717, 1.165) is 26.7 Å². The Morgan fingerprint density at radius 3 is 2.62 bits per heavy atom. The van der Waals surface area contributed by atoms with Gasteiger partial charge in [0.05, 0.1) is 18.5 Å². The third-order valence-electron chi connectivity index (χ3n) is 4.04. The normalized spacial score (nSPS) is 11.3. The quantitative estimate of drug-likeness (QED) is 0.706. The zero-order valence-electron chi connectivity index (χ0n) is 13.9. The van der Waals surface area contributed by atoms with Crippen molar-refractivity contribution < 1.29 is 9.13 Å². The van der Waals surface area contributed by atoms with Crippen LogP contribution in [0.3, 0.4) is 0 Å². The number of nitrogens with zero attached hydrogens (tertiary/aromatic N) is 2. The Balaban J connectivity index is 2.29. The Hall–Kier alpha value is -2.05. The molecule has 3 aromatic rings. The van der Waals surface area contributed by atoms with E-state index in [1.165, 1.54) is 23.5 Å². The summed E-state index contributed by atoms with van der Waals surface area (Å²) in [4.78, 5) is 19.5. The minimum absolute atomic E-state index is 0.0578. The number of aryl methyl sites for hydroxylation is 2. The Morgan fingerprint density at radius 1 is 1.29 bits per heavy atom. The highest BCUT2D eigenvalue weighted by Gasteiger charge is 2.19. The molecule has 0 spiro atoms. The summed E-state index contributed by atoms with van der Waals surface area (Å²) in [7, 11) is 1.61. The van der Waals surface area contributed by atoms with Crippen LogP contribution in [0.25, 0.3) is 21.3 Å². The number of aromatic nitrogens is 2. The van der Waals surface area contributed by atoms with Gasteiger partial charge in [0.15, 0.2) is 0 Å². The van der Waals surface area contributed by atoms with E-state index in [4.69, 9.17) is 4.74 Å². The predicted octanol–water partition coefficient (Wildman–Crippen LogP) is 3.78. The largest absolute Gasteiger partial charge is 0.383 e. The molecule has 0 unspecified atom stereocenters. The predicted molar refractivity (Wildman–Crippen MR) is 95.3 cm³/mol. The van der Waals surface area contributed by atoms with E-state index in [2.05, 4.69) is 4.98 Å². The van der Waals surface area contributed by atoms with Crippen molar-refractivity contribution in [3.8, 4) is 11.1 Å². The second-order valence-corrected chi connectivity index (χ2v) is 6.75. The molecule has 0 aliphatic carbocycles. The summed E-state index contributed by atoms with van der Waals surface area (Å²) < 4.78 is 20.0. The van der Waals surface area contributed by atoms with E-state index in [1.54, 1.807) is 23.8 Å². The van der Waals surface area contributed by atoms with E-state index in [9.17, 15) is 9.18 Å². The first-order valence-corrected chi connectivity index (χ1v) is 8.66. The summed E-state index contributed by atoms with van der Waals surface area (Å²) in [6, 6.07) is 6.23. The van der Waals surface area contributed by atoms with Crippen molar-refractivity contribution in [2.24, 2.45) is 0 Å². The molecular weight excluding hydrogens is 327 g/mol. The monoisotopic (exact) mass is 346 g/mol. The van der Waals surface area contributed by atoms with Crippen LogP contribution < -0.4 is 5.56 Å². The smallest absolute Gasteiger partial charge is 0.262 e. The average Bonchev–Trinajstić information content (AvgIpc) is 2.91. The molecule has 0 radical (unpaired) electrons. The van der Waals surface area contributed by atoms with E-state index >= 15 is 0 Å². The van der Waals surface area contributed by atoms with Gasteiger partial charge in [0.25, 0.3) is 5.56 Å².